The molecule has 0 aromatic heterocycles. The van der Waals surface area contributed by atoms with Crippen molar-refractivity contribution in [3.63, 3.8) is 0 Å². The number of rotatable bonds is 12. The molecule has 0 aromatic carbocycles. The Balaban J connectivity index is 3.11. The third kappa shape index (κ3) is 13.8. The molecule has 0 saturated heterocycles. The van der Waals surface area contributed by atoms with Gasteiger partial charge in [0, 0.05) is 32.8 Å². The molecule has 0 saturated carbocycles. The van der Waals surface area contributed by atoms with Gasteiger partial charge in [-0.05, 0) is 40.8 Å². The first-order valence-corrected chi connectivity index (χ1v) is 6.75. The summed E-state index contributed by atoms with van der Waals surface area (Å²) in [6, 6.07) is 0. The van der Waals surface area contributed by atoms with Crippen molar-refractivity contribution in [2.45, 2.75) is 33.3 Å². The Morgan fingerprint density at radius 1 is 1.12 bits per heavy atom. The molecular weight excluding hydrogens is 216 g/mol. The molecule has 0 atom stereocenters. The maximum atomic E-state index is 5.47. The minimum atomic E-state index is 0.347. The standard InChI is InChI=1S/C13H30N2O2/c1-5-16-12-10-15(4)9-8-14-7-6-11-17-13(2)3/h13-14H,5-12H2,1-4H3. The van der Waals surface area contributed by atoms with E-state index in [1.807, 2.05) is 6.92 Å². The highest BCUT2D eigenvalue weighted by molar-refractivity contribution is 4.54. The molecule has 4 heteroatoms. The molecule has 0 radical (unpaired) electrons. The van der Waals surface area contributed by atoms with Crippen LogP contribution in [-0.2, 0) is 9.47 Å². The lowest BCUT2D eigenvalue weighted by Crippen LogP contribution is -2.32. The maximum Gasteiger partial charge on any atom is 0.0593 e. The van der Waals surface area contributed by atoms with Crippen LogP contribution < -0.4 is 5.32 Å². The maximum absolute atomic E-state index is 5.47. The molecule has 0 amide bonds. The lowest BCUT2D eigenvalue weighted by Gasteiger charge is -2.16. The van der Waals surface area contributed by atoms with E-state index in [2.05, 4.69) is 31.1 Å². The first-order chi connectivity index (χ1) is 8.16. The third-order valence-electron chi connectivity index (χ3n) is 2.44. The Morgan fingerprint density at radius 2 is 1.88 bits per heavy atom. The summed E-state index contributed by atoms with van der Waals surface area (Å²) < 4.78 is 10.8. The average molecular weight is 246 g/mol. The van der Waals surface area contributed by atoms with E-state index in [9.17, 15) is 0 Å². The van der Waals surface area contributed by atoms with E-state index in [1.54, 1.807) is 0 Å². The highest BCUT2D eigenvalue weighted by Gasteiger charge is 1.97. The summed E-state index contributed by atoms with van der Waals surface area (Å²) in [6.07, 6.45) is 1.43. The molecular formula is C13H30N2O2. The summed E-state index contributed by atoms with van der Waals surface area (Å²) in [5, 5.41) is 3.42. The number of nitrogens with one attached hydrogen (secondary N) is 1. The Morgan fingerprint density at radius 3 is 2.53 bits per heavy atom. The Labute approximate surface area is 107 Å². The van der Waals surface area contributed by atoms with Crippen LogP contribution in [0.4, 0.5) is 0 Å². The fraction of sp³-hybridized carbons (Fsp3) is 1.00. The van der Waals surface area contributed by atoms with Crippen molar-refractivity contribution in [3.8, 4) is 0 Å². The highest BCUT2D eigenvalue weighted by atomic mass is 16.5. The van der Waals surface area contributed by atoms with Crippen molar-refractivity contribution in [1.29, 1.82) is 0 Å². The molecule has 104 valence electrons. The largest absolute Gasteiger partial charge is 0.380 e. The van der Waals surface area contributed by atoms with E-state index >= 15 is 0 Å². The Kier molecular flexibility index (Phi) is 12.2. The van der Waals surface area contributed by atoms with Gasteiger partial charge in [0.2, 0.25) is 0 Å². The van der Waals surface area contributed by atoms with Gasteiger partial charge in [-0.1, -0.05) is 0 Å². The molecule has 0 aliphatic rings. The molecule has 0 aliphatic carbocycles. The summed E-state index contributed by atoms with van der Waals surface area (Å²) in [4.78, 5) is 2.28. The average Bonchev–Trinajstić information content (AvgIpc) is 2.28. The van der Waals surface area contributed by atoms with Gasteiger partial charge in [0.15, 0.2) is 0 Å². The van der Waals surface area contributed by atoms with Crippen molar-refractivity contribution < 1.29 is 9.47 Å². The second kappa shape index (κ2) is 12.3. The summed E-state index contributed by atoms with van der Waals surface area (Å²) in [5.74, 6) is 0. The lowest BCUT2D eigenvalue weighted by atomic mass is 10.4. The number of nitrogens with zero attached hydrogens (tertiary/aromatic N) is 1. The predicted molar refractivity (Wildman–Crippen MR) is 72.6 cm³/mol. The van der Waals surface area contributed by atoms with E-state index in [0.717, 1.165) is 52.4 Å². The second-order valence-corrected chi connectivity index (χ2v) is 4.52. The monoisotopic (exact) mass is 246 g/mol. The van der Waals surface area contributed by atoms with Gasteiger partial charge in [0.05, 0.1) is 12.7 Å². The van der Waals surface area contributed by atoms with E-state index in [-0.39, 0.29) is 0 Å². The third-order valence-corrected chi connectivity index (χ3v) is 2.44. The van der Waals surface area contributed by atoms with Crippen LogP contribution in [-0.4, -0.2) is 64.1 Å². The van der Waals surface area contributed by atoms with Crippen LogP contribution in [0.3, 0.4) is 0 Å². The van der Waals surface area contributed by atoms with Crippen molar-refractivity contribution in [3.05, 3.63) is 0 Å². The first-order valence-electron chi connectivity index (χ1n) is 6.75. The van der Waals surface area contributed by atoms with Crippen LogP contribution in [0.25, 0.3) is 0 Å². The van der Waals surface area contributed by atoms with E-state index in [0.29, 0.717) is 6.10 Å². The van der Waals surface area contributed by atoms with Gasteiger partial charge in [-0.3, -0.25) is 0 Å². The molecule has 0 heterocycles. The lowest BCUT2D eigenvalue weighted by molar-refractivity contribution is 0.0769. The molecule has 0 aliphatic heterocycles. The SMILES string of the molecule is CCOCCN(C)CCNCCCOC(C)C. The van der Waals surface area contributed by atoms with Crippen LogP contribution in [0.1, 0.15) is 27.2 Å². The smallest absolute Gasteiger partial charge is 0.0593 e. The Hall–Kier alpha value is -0.160. The van der Waals surface area contributed by atoms with E-state index in [1.165, 1.54) is 0 Å². The minimum absolute atomic E-state index is 0.347. The summed E-state index contributed by atoms with van der Waals surface area (Å²) in [7, 11) is 2.13. The molecule has 0 bridgehead atoms. The molecule has 0 fully saturated rings. The van der Waals surface area contributed by atoms with Crippen molar-refractivity contribution in [1.82, 2.24) is 10.2 Å². The Bertz CT molecular complexity index is 154. The van der Waals surface area contributed by atoms with Crippen LogP contribution in [0.2, 0.25) is 0 Å². The topological polar surface area (TPSA) is 33.7 Å². The predicted octanol–water partition coefficient (Wildman–Crippen LogP) is 1.36. The zero-order valence-electron chi connectivity index (χ0n) is 12.0. The van der Waals surface area contributed by atoms with Gasteiger partial charge >= 0.3 is 0 Å². The summed E-state index contributed by atoms with van der Waals surface area (Å²) in [5.41, 5.74) is 0. The summed E-state index contributed by atoms with van der Waals surface area (Å²) in [6.45, 7) is 12.8. The molecule has 0 spiro atoms. The molecule has 0 aromatic rings. The van der Waals surface area contributed by atoms with Gasteiger partial charge in [-0.2, -0.15) is 0 Å². The van der Waals surface area contributed by atoms with Gasteiger partial charge in [0.25, 0.3) is 0 Å². The molecule has 0 unspecified atom stereocenters. The molecule has 4 nitrogen and oxygen atoms in total. The minimum Gasteiger partial charge on any atom is -0.380 e. The van der Waals surface area contributed by atoms with Crippen LogP contribution in [0, 0.1) is 0 Å². The van der Waals surface area contributed by atoms with Gasteiger partial charge in [-0.25, -0.2) is 0 Å². The fourth-order valence-electron chi connectivity index (χ4n) is 1.39. The van der Waals surface area contributed by atoms with Crippen LogP contribution in [0.15, 0.2) is 0 Å². The van der Waals surface area contributed by atoms with Crippen molar-refractivity contribution in [2.75, 3.05) is 53.0 Å². The van der Waals surface area contributed by atoms with Crippen molar-refractivity contribution >= 4 is 0 Å². The van der Waals surface area contributed by atoms with Gasteiger partial charge in [-0.15, -0.1) is 0 Å². The molecule has 1 N–H and O–H groups in total. The summed E-state index contributed by atoms with van der Waals surface area (Å²) >= 11 is 0. The quantitative estimate of drug-likeness (QED) is 0.527. The van der Waals surface area contributed by atoms with Crippen LogP contribution >= 0.6 is 0 Å². The van der Waals surface area contributed by atoms with Crippen LogP contribution in [0.5, 0.6) is 0 Å². The van der Waals surface area contributed by atoms with Crippen molar-refractivity contribution in [2.24, 2.45) is 0 Å². The molecule has 17 heavy (non-hydrogen) atoms. The number of likely N-dealkylation sites (N-methyl/N-ethyl adjacent to an activating group) is 1. The zero-order valence-corrected chi connectivity index (χ0v) is 12.0. The second-order valence-electron chi connectivity index (χ2n) is 4.52. The first kappa shape index (κ1) is 16.8. The fourth-order valence-corrected chi connectivity index (χ4v) is 1.39. The molecule has 0 rings (SSSR count). The number of ether oxygens (including phenoxy) is 2. The van der Waals surface area contributed by atoms with Gasteiger partial charge < -0.3 is 19.7 Å². The van der Waals surface area contributed by atoms with E-state index in [4.69, 9.17) is 9.47 Å². The normalized spacial score (nSPS) is 11.6. The number of hydrogen-bond acceptors (Lipinski definition) is 4. The van der Waals surface area contributed by atoms with Gasteiger partial charge in [0.1, 0.15) is 0 Å². The highest BCUT2D eigenvalue weighted by Crippen LogP contribution is 1.89. The number of hydrogen-bond donors (Lipinski definition) is 1. The zero-order chi connectivity index (χ0) is 12.9. The van der Waals surface area contributed by atoms with E-state index < -0.39 is 0 Å².